The maximum Gasteiger partial charge on any atom is 0.275 e. The van der Waals surface area contributed by atoms with E-state index in [9.17, 15) is 9.59 Å². The number of carbonyl (C=O) groups excluding carboxylic acids is 2. The maximum absolute atomic E-state index is 12.4. The van der Waals surface area contributed by atoms with Crippen LogP contribution < -0.4 is 10.6 Å². The Labute approximate surface area is 143 Å². The summed E-state index contributed by atoms with van der Waals surface area (Å²) in [5.74, 6) is 0.426. The third-order valence-corrected chi connectivity index (χ3v) is 4.51. The minimum Gasteiger partial charge on any atom is -0.360 e. The van der Waals surface area contributed by atoms with Gasteiger partial charge in [0.25, 0.3) is 11.8 Å². The van der Waals surface area contributed by atoms with Gasteiger partial charge in [-0.25, -0.2) is 4.98 Å². The Kier molecular flexibility index (Phi) is 3.34. The van der Waals surface area contributed by atoms with E-state index in [1.807, 2.05) is 18.4 Å². The highest BCUT2D eigenvalue weighted by molar-refractivity contribution is 6.04. The van der Waals surface area contributed by atoms with Crippen LogP contribution >= 0.6 is 0 Å². The van der Waals surface area contributed by atoms with E-state index < -0.39 is 0 Å². The summed E-state index contributed by atoms with van der Waals surface area (Å²) >= 11 is 0. The Hall–Kier alpha value is -3.16. The summed E-state index contributed by atoms with van der Waals surface area (Å²) in [6, 6.07) is 6.86. The minimum atomic E-state index is -0.383. The molecule has 0 aliphatic carbocycles. The molecule has 2 amide bonds. The van der Waals surface area contributed by atoms with Crippen LogP contribution in [0.1, 0.15) is 46.6 Å². The molecule has 2 atom stereocenters. The van der Waals surface area contributed by atoms with Crippen molar-refractivity contribution in [1.82, 2.24) is 20.0 Å². The van der Waals surface area contributed by atoms with Crippen LogP contribution in [0.3, 0.4) is 0 Å². The average molecular weight is 339 g/mol. The Balaban J connectivity index is 1.75. The van der Waals surface area contributed by atoms with Crippen LogP contribution in [0.5, 0.6) is 0 Å². The Bertz CT molecular complexity index is 1000. The predicted molar refractivity (Wildman–Crippen MR) is 90.6 cm³/mol. The molecule has 1 aliphatic rings. The van der Waals surface area contributed by atoms with Crippen LogP contribution in [0.15, 0.2) is 28.8 Å². The fraction of sp³-hybridized carbons (Fsp3) is 0.294. The van der Waals surface area contributed by atoms with Gasteiger partial charge in [-0.05, 0) is 39.0 Å². The minimum absolute atomic E-state index is 0.0204. The van der Waals surface area contributed by atoms with Crippen LogP contribution in [0, 0.1) is 6.92 Å². The zero-order valence-electron chi connectivity index (χ0n) is 14.0. The lowest BCUT2D eigenvalue weighted by Crippen LogP contribution is -2.44. The molecule has 3 aromatic heterocycles. The SMILES string of the molecule is Cc1cc(NC(=O)c2ccc3cc4n(c3n2)[C@@H](C)[C@@H](C)NC4=O)no1. The number of aromatic nitrogens is 3. The highest BCUT2D eigenvalue weighted by Gasteiger charge is 2.30. The van der Waals surface area contributed by atoms with Gasteiger partial charge < -0.3 is 19.7 Å². The van der Waals surface area contributed by atoms with Crippen molar-refractivity contribution in [2.24, 2.45) is 0 Å². The Morgan fingerprint density at radius 2 is 2.12 bits per heavy atom. The first kappa shape index (κ1) is 15.4. The normalized spacial score (nSPS) is 19.6. The van der Waals surface area contributed by atoms with Gasteiger partial charge in [-0.2, -0.15) is 0 Å². The van der Waals surface area contributed by atoms with Gasteiger partial charge in [0.2, 0.25) is 0 Å². The van der Waals surface area contributed by atoms with Gasteiger partial charge in [0.15, 0.2) is 5.82 Å². The molecule has 2 N–H and O–H groups in total. The topological polar surface area (TPSA) is 102 Å². The zero-order chi connectivity index (χ0) is 17.7. The van der Waals surface area contributed by atoms with E-state index in [-0.39, 0.29) is 29.6 Å². The van der Waals surface area contributed by atoms with Crippen LogP contribution in [0.25, 0.3) is 11.0 Å². The number of amides is 2. The lowest BCUT2D eigenvalue weighted by atomic mass is 10.1. The molecule has 0 saturated carbocycles. The van der Waals surface area contributed by atoms with Crippen LogP contribution in [0.4, 0.5) is 5.82 Å². The quantitative estimate of drug-likeness (QED) is 0.746. The number of nitrogens with zero attached hydrogens (tertiary/aromatic N) is 3. The van der Waals surface area contributed by atoms with Crippen LogP contribution in [0.2, 0.25) is 0 Å². The van der Waals surface area contributed by atoms with Crippen molar-refractivity contribution < 1.29 is 14.1 Å². The van der Waals surface area contributed by atoms with Crippen molar-refractivity contribution in [3.63, 3.8) is 0 Å². The average Bonchev–Trinajstić information content (AvgIpc) is 3.15. The third kappa shape index (κ3) is 2.46. The number of rotatable bonds is 2. The molecule has 128 valence electrons. The molecule has 0 saturated heterocycles. The molecule has 0 unspecified atom stereocenters. The number of hydrogen-bond acceptors (Lipinski definition) is 5. The van der Waals surface area contributed by atoms with Gasteiger partial charge >= 0.3 is 0 Å². The van der Waals surface area contributed by atoms with E-state index >= 15 is 0 Å². The predicted octanol–water partition coefficient (Wildman–Crippen LogP) is 2.28. The highest BCUT2D eigenvalue weighted by atomic mass is 16.5. The molecule has 0 fully saturated rings. The molecular weight excluding hydrogens is 322 g/mol. The molecule has 0 bridgehead atoms. The molecule has 0 aromatic carbocycles. The summed E-state index contributed by atoms with van der Waals surface area (Å²) < 4.78 is 6.82. The van der Waals surface area contributed by atoms with E-state index in [4.69, 9.17) is 4.52 Å². The van der Waals surface area contributed by atoms with Crippen molar-refractivity contribution in [3.05, 3.63) is 41.4 Å². The molecule has 4 rings (SSSR count). The summed E-state index contributed by atoms with van der Waals surface area (Å²) in [4.78, 5) is 29.1. The van der Waals surface area contributed by atoms with Gasteiger partial charge in [-0.3, -0.25) is 9.59 Å². The first-order valence-electron chi connectivity index (χ1n) is 8.01. The molecule has 8 heteroatoms. The standard InChI is InChI=1S/C17H17N5O3/c1-8-6-14(21-25-8)20-16(23)12-5-4-11-7-13-17(24)18-9(2)10(3)22(13)15(11)19-12/h4-7,9-10H,1-3H3,(H,18,24)(H,20,21,23)/t9-,10+/m1/s1. The van der Waals surface area contributed by atoms with E-state index in [1.165, 1.54) is 0 Å². The van der Waals surface area contributed by atoms with Crippen molar-refractivity contribution in [2.45, 2.75) is 32.9 Å². The van der Waals surface area contributed by atoms with E-state index in [0.29, 0.717) is 22.9 Å². The number of carbonyl (C=O) groups is 2. The number of fused-ring (bicyclic) bond motifs is 3. The third-order valence-electron chi connectivity index (χ3n) is 4.51. The second-order valence-corrected chi connectivity index (χ2v) is 6.29. The number of hydrogen-bond donors (Lipinski definition) is 2. The number of pyridine rings is 1. The van der Waals surface area contributed by atoms with Crippen molar-refractivity contribution in [1.29, 1.82) is 0 Å². The Morgan fingerprint density at radius 1 is 1.32 bits per heavy atom. The molecule has 8 nitrogen and oxygen atoms in total. The van der Waals surface area contributed by atoms with Crippen molar-refractivity contribution >= 4 is 28.7 Å². The summed E-state index contributed by atoms with van der Waals surface area (Å²) in [5, 5.41) is 10.1. The number of anilines is 1. The largest absolute Gasteiger partial charge is 0.360 e. The molecular formula is C17H17N5O3. The van der Waals surface area contributed by atoms with Gasteiger partial charge in [0.1, 0.15) is 22.8 Å². The Morgan fingerprint density at radius 3 is 2.84 bits per heavy atom. The lowest BCUT2D eigenvalue weighted by Gasteiger charge is -2.29. The van der Waals surface area contributed by atoms with Gasteiger partial charge in [-0.15, -0.1) is 0 Å². The fourth-order valence-electron chi connectivity index (χ4n) is 3.04. The molecule has 0 radical (unpaired) electrons. The second kappa shape index (κ2) is 5.44. The van der Waals surface area contributed by atoms with Crippen LogP contribution in [-0.2, 0) is 0 Å². The highest BCUT2D eigenvalue weighted by Crippen LogP contribution is 2.28. The fourth-order valence-corrected chi connectivity index (χ4v) is 3.04. The van der Waals surface area contributed by atoms with Gasteiger partial charge in [0.05, 0.1) is 6.04 Å². The molecule has 0 spiro atoms. The van der Waals surface area contributed by atoms with E-state index in [0.717, 1.165) is 5.39 Å². The van der Waals surface area contributed by atoms with Crippen molar-refractivity contribution in [2.75, 3.05) is 5.32 Å². The summed E-state index contributed by atoms with van der Waals surface area (Å²) in [7, 11) is 0. The molecule has 25 heavy (non-hydrogen) atoms. The first-order valence-corrected chi connectivity index (χ1v) is 8.01. The zero-order valence-corrected chi connectivity index (χ0v) is 14.0. The molecule has 3 aromatic rings. The molecule has 1 aliphatic heterocycles. The number of nitrogens with one attached hydrogen (secondary N) is 2. The maximum atomic E-state index is 12.4. The summed E-state index contributed by atoms with van der Waals surface area (Å²) in [6.45, 7) is 5.70. The second-order valence-electron chi connectivity index (χ2n) is 6.29. The van der Waals surface area contributed by atoms with Gasteiger partial charge in [-0.1, -0.05) is 5.16 Å². The summed E-state index contributed by atoms with van der Waals surface area (Å²) in [5.41, 5.74) is 1.42. The summed E-state index contributed by atoms with van der Waals surface area (Å²) in [6.07, 6.45) is 0. The monoisotopic (exact) mass is 339 g/mol. The molecule has 4 heterocycles. The first-order chi connectivity index (χ1) is 11.9. The van der Waals surface area contributed by atoms with E-state index in [1.54, 1.807) is 31.2 Å². The van der Waals surface area contributed by atoms with E-state index in [2.05, 4.69) is 20.8 Å². The number of aryl methyl sites for hydroxylation is 1. The smallest absolute Gasteiger partial charge is 0.275 e. The lowest BCUT2D eigenvalue weighted by molar-refractivity contribution is 0.0891. The van der Waals surface area contributed by atoms with Gasteiger partial charge in [0, 0.05) is 17.5 Å². The van der Waals surface area contributed by atoms with Crippen LogP contribution in [-0.4, -0.2) is 32.6 Å². The van der Waals surface area contributed by atoms with Crippen molar-refractivity contribution in [3.8, 4) is 0 Å².